The quantitative estimate of drug-likeness (QED) is 0.744. The first-order valence-electron chi connectivity index (χ1n) is 6.39. The van der Waals surface area contributed by atoms with E-state index in [2.05, 4.69) is 47.8 Å². The van der Waals surface area contributed by atoms with Gasteiger partial charge in [-0.25, -0.2) is 0 Å². The lowest BCUT2D eigenvalue weighted by molar-refractivity contribution is 0.456. The summed E-state index contributed by atoms with van der Waals surface area (Å²) in [5, 5.41) is 3.54. The molecule has 0 heterocycles. The lowest BCUT2D eigenvalue weighted by Crippen LogP contribution is -2.14. The van der Waals surface area contributed by atoms with Crippen LogP contribution in [0.4, 0.5) is 5.69 Å². The highest BCUT2D eigenvalue weighted by molar-refractivity contribution is 5.42. The SMILES string of the molecule is C1=C\CCC(CNc2ccccc2)CCC/1. The van der Waals surface area contributed by atoms with E-state index in [-0.39, 0.29) is 0 Å². The molecule has 0 fully saturated rings. The van der Waals surface area contributed by atoms with Crippen LogP contribution in [0.25, 0.3) is 0 Å². The molecule has 1 N–H and O–H groups in total. The second-order valence-electron chi connectivity index (χ2n) is 4.59. The monoisotopic (exact) mass is 215 g/mol. The summed E-state index contributed by atoms with van der Waals surface area (Å²) < 4.78 is 0. The van der Waals surface area contributed by atoms with Crippen LogP contribution in [-0.4, -0.2) is 6.54 Å². The summed E-state index contributed by atoms with van der Waals surface area (Å²) in [7, 11) is 0. The van der Waals surface area contributed by atoms with Gasteiger partial charge in [-0.05, 0) is 50.2 Å². The molecular formula is C15H21N. The number of rotatable bonds is 3. The van der Waals surface area contributed by atoms with Gasteiger partial charge in [-0.15, -0.1) is 0 Å². The van der Waals surface area contributed by atoms with Gasteiger partial charge in [0, 0.05) is 12.2 Å². The first kappa shape index (κ1) is 11.3. The van der Waals surface area contributed by atoms with E-state index >= 15 is 0 Å². The molecule has 16 heavy (non-hydrogen) atoms. The molecule has 1 aliphatic rings. The van der Waals surface area contributed by atoms with Gasteiger partial charge in [0.25, 0.3) is 0 Å². The Morgan fingerprint density at radius 3 is 2.69 bits per heavy atom. The van der Waals surface area contributed by atoms with Crippen molar-refractivity contribution in [1.82, 2.24) is 0 Å². The Hall–Kier alpha value is -1.24. The van der Waals surface area contributed by atoms with Gasteiger partial charge in [-0.3, -0.25) is 0 Å². The van der Waals surface area contributed by atoms with Crippen LogP contribution in [0.1, 0.15) is 32.1 Å². The third-order valence-electron chi connectivity index (χ3n) is 3.26. The van der Waals surface area contributed by atoms with Crippen LogP contribution in [0.3, 0.4) is 0 Å². The molecule has 1 aromatic rings. The lowest BCUT2D eigenvalue weighted by Gasteiger charge is -2.18. The summed E-state index contributed by atoms with van der Waals surface area (Å²) in [4.78, 5) is 0. The number of nitrogens with one attached hydrogen (secondary N) is 1. The molecular weight excluding hydrogens is 194 g/mol. The summed E-state index contributed by atoms with van der Waals surface area (Å²) in [6.07, 6.45) is 11.2. The predicted molar refractivity (Wildman–Crippen MR) is 70.6 cm³/mol. The Morgan fingerprint density at radius 2 is 1.81 bits per heavy atom. The number of hydrogen-bond acceptors (Lipinski definition) is 1. The van der Waals surface area contributed by atoms with Crippen molar-refractivity contribution in [3.63, 3.8) is 0 Å². The first-order chi connectivity index (χ1) is 7.95. The molecule has 0 spiro atoms. The molecule has 1 nitrogen and oxygen atoms in total. The molecule has 0 bridgehead atoms. The minimum Gasteiger partial charge on any atom is -0.385 e. The minimum absolute atomic E-state index is 0.838. The predicted octanol–water partition coefficient (Wildman–Crippen LogP) is 4.24. The summed E-state index contributed by atoms with van der Waals surface area (Å²) in [6, 6.07) is 10.5. The Kier molecular flexibility index (Phi) is 4.48. The summed E-state index contributed by atoms with van der Waals surface area (Å²) in [5.74, 6) is 0.838. The van der Waals surface area contributed by atoms with E-state index in [1.54, 1.807) is 0 Å². The maximum atomic E-state index is 3.54. The van der Waals surface area contributed by atoms with E-state index < -0.39 is 0 Å². The third kappa shape index (κ3) is 3.73. The van der Waals surface area contributed by atoms with Gasteiger partial charge in [-0.1, -0.05) is 30.4 Å². The second-order valence-corrected chi connectivity index (χ2v) is 4.59. The minimum atomic E-state index is 0.838. The van der Waals surface area contributed by atoms with E-state index in [1.807, 2.05) is 0 Å². The molecule has 86 valence electrons. The van der Waals surface area contributed by atoms with Crippen LogP contribution in [0.2, 0.25) is 0 Å². The lowest BCUT2D eigenvalue weighted by atomic mass is 9.94. The van der Waals surface area contributed by atoms with Crippen molar-refractivity contribution in [2.45, 2.75) is 32.1 Å². The second kappa shape index (κ2) is 6.37. The zero-order valence-electron chi connectivity index (χ0n) is 9.86. The standard InChI is InChI=1S/C15H21N/c1-2-5-9-14(10-6-3-1)13-16-15-11-7-4-8-12-15/h1-2,4,7-8,11-12,14,16H,3,5-6,9-10,13H2/b2-1-. The zero-order valence-corrected chi connectivity index (χ0v) is 9.86. The van der Waals surface area contributed by atoms with Crippen molar-refractivity contribution in [3.8, 4) is 0 Å². The van der Waals surface area contributed by atoms with Gasteiger partial charge in [-0.2, -0.15) is 0 Å². The van der Waals surface area contributed by atoms with Crippen molar-refractivity contribution in [2.75, 3.05) is 11.9 Å². The van der Waals surface area contributed by atoms with E-state index in [0.717, 1.165) is 12.5 Å². The number of anilines is 1. The molecule has 0 amide bonds. The third-order valence-corrected chi connectivity index (χ3v) is 3.26. The largest absolute Gasteiger partial charge is 0.385 e. The number of benzene rings is 1. The Labute approximate surface area is 98.6 Å². The van der Waals surface area contributed by atoms with Gasteiger partial charge < -0.3 is 5.32 Å². The maximum absolute atomic E-state index is 3.54. The van der Waals surface area contributed by atoms with E-state index in [0.29, 0.717) is 0 Å². The molecule has 1 aromatic carbocycles. The average Bonchev–Trinajstić information content (AvgIpc) is 2.29. The van der Waals surface area contributed by atoms with Crippen LogP contribution in [-0.2, 0) is 0 Å². The number of para-hydroxylation sites is 1. The fraction of sp³-hybridized carbons (Fsp3) is 0.467. The molecule has 1 heteroatoms. The van der Waals surface area contributed by atoms with Crippen molar-refractivity contribution in [2.24, 2.45) is 5.92 Å². The van der Waals surface area contributed by atoms with Gasteiger partial charge in [0.05, 0.1) is 0 Å². The first-order valence-corrected chi connectivity index (χ1v) is 6.39. The molecule has 0 saturated heterocycles. The van der Waals surface area contributed by atoms with Crippen molar-refractivity contribution < 1.29 is 0 Å². The fourth-order valence-electron chi connectivity index (χ4n) is 2.26. The zero-order chi connectivity index (χ0) is 11.1. The summed E-state index contributed by atoms with van der Waals surface area (Å²) >= 11 is 0. The van der Waals surface area contributed by atoms with Crippen LogP contribution < -0.4 is 5.32 Å². The molecule has 2 rings (SSSR count). The van der Waals surface area contributed by atoms with Crippen LogP contribution in [0, 0.1) is 5.92 Å². The van der Waals surface area contributed by atoms with Crippen LogP contribution >= 0.6 is 0 Å². The Morgan fingerprint density at radius 1 is 1.00 bits per heavy atom. The van der Waals surface area contributed by atoms with Gasteiger partial charge in [0.2, 0.25) is 0 Å². The smallest absolute Gasteiger partial charge is 0.0340 e. The van der Waals surface area contributed by atoms with Crippen LogP contribution in [0.5, 0.6) is 0 Å². The topological polar surface area (TPSA) is 12.0 Å². The van der Waals surface area contributed by atoms with Gasteiger partial charge in [0.15, 0.2) is 0 Å². The van der Waals surface area contributed by atoms with Gasteiger partial charge in [0.1, 0.15) is 0 Å². The normalized spacial score (nSPS) is 23.1. The fourth-order valence-corrected chi connectivity index (χ4v) is 2.26. The van der Waals surface area contributed by atoms with Gasteiger partial charge >= 0.3 is 0 Å². The molecule has 0 radical (unpaired) electrons. The molecule has 1 unspecified atom stereocenters. The van der Waals surface area contributed by atoms with E-state index in [1.165, 1.54) is 37.8 Å². The average molecular weight is 215 g/mol. The molecule has 0 saturated carbocycles. The highest BCUT2D eigenvalue weighted by Crippen LogP contribution is 2.19. The highest BCUT2D eigenvalue weighted by Gasteiger charge is 2.08. The summed E-state index contributed by atoms with van der Waals surface area (Å²) in [6.45, 7) is 1.12. The maximum Gasteiger partial charge on any atom is 0.0340 e. The highest BCUT2D eigenvalue weighted by atomic mass is 14.9. The Bertz CT molecular complexity index is 315. The van der Waals surface area contributed by atoms with Crippen molar-refractivity contribution in [1.29, 1.82) is 0 Å². The van der Waals surface area contributed by atoms with Crippen molar-refractivity contribution in [3.05, 3.63) is 42.5 Å². The van der Waals surface area contributed by atoms with E-state index in [9.17, 15) is 0 Å². The molecule has 1 aliphatic carbocycles. The number of allylic oxidation sites excluding steroid dienone is 2. The Balaban J connectivity index is 1.78. The van der Waals surface area contributed by atoms with E-state index in [4.69, 9.17) is 0 Å². The number of hydrogen-bond donors (Lipinski definition) is 1. The molecule has 0 aromatic heterocycles. The van der Waals surface area contributed by atoms with Crippen molar-refractivity contribution >= 4 is 5.69 Å². The molecule has 1 atom stereocenters. The van der Waals surface area contributed by atoms with Crippen LogP contribution in [0.15, 0.2) is 42.5 Å². The molecule has 0 aliphatic heterocycles. The summed E-state index contributed by atoms with van der Waals surface area (Å²) in [5.41, 5.74) is 1.25.